The van der Waals surface area contributed by atoms with Crippen molar-refractivity contribution in [2.75, 3.05) is 39.2 Å². The lowest BCUT2D eigenvalue weighted by Gasteiger charge is -2.30. The highest BCUT2D eigenvalue weighted by Crippen LogP contribution is 2.26. The molecule has 2 aromatic carbocycles. The second kappa shape index (κ2) is 10.6. The van der Waals surface area contributed by atoms with E-state index in [2.05, 4.69) is 17.6 Å². The SMILES string of the molecule is CO[C@H]1CN(C)C(=O)c2cc(NC(=O)c3ccc(F)cc3)ccc2OC[C@@H](C)NC[C@@H]1C. The lowest BCUT2D eigenvalue weighted by molar-refractivity contribution is 0.0281. The molecule has 1 heterocycles. The molecule has 0 spiro atoms. The molecule has 3 atom stereocenters. The molecule has 0 saturated carbocycles. The van der Waals surface area contributed by atoms with Gasteiger partial charge in [-0.15, -0.1) is 0 Å². The van der Waals surface area contributed by atoms with Crippen LogP contribution in [0.3, 0.4) is 0 Å². The summed E-state index contributed by atoms with van der Waals surface area (Å²) in [7, 11) is 3.37. The second-order valence-corrected chi connectivity index (χ2v) is 8.23. The Labute approximate surface area is 187 Å². The Morgan fingerprint density at radius 1 is 1.22 bits per heavy atom. The fraction of sp³-hybridized carbons (Fsp3) is 0.417. The van der Waals surface area contributed by atoms with Crippen LogP contribution in [-0.2, 0) is 4.74 Å². The number of rotatable bonds is 3. The number of nitrogens with one attached hydrogen (secondary N) is 2. The van der Waals surface area contributed by atoms with E-state index in [1.54, 1.807) is 37.3 Å². The Morgan fingerprint density at radius 3 is 2.62 bits per heavy atom. The summed E-state index contributed by atoms with van der Waals surface area (Å²) in [6.45, 7) is 5.64. The van der Waals surface area contributed by atoms with Crippen molar-refractivity contribution in [3.8, 4) is 5.75 Å². The maximum absolute atomic E-state index is 13.3. The number of nitrogens with zero attached hydrogens (tertiary/aromatic N) is 1. The van der Waals surface area contributed by atoms with Crippen molar-refractivity contribution in [3.63, 3.8) is 0 Å². The number of fused-ring (bicyclic) bond motifs is 1. The molecule has 8 heteroatoms. The predicted octanol–water partition coefficient (Wildman–Crippen LogP) is 3.17. The molecule has 2 amide bonds. The quantitative estimate of drug-likeness (QED) is 0.762. The van der Waals surface area contributed by atoms with Crippen LogP contribution in [0.1, 0.15) is 34.6 Å². The Hall–Kier alpha value is -2.97. The first-order valence-corrected chi connectivity index (χ1v) is 10.6. The van der Waals surface area contributed by atoms with E-state index in [-0.39, 0.29) is 24.0 Å². The summed E-state index contributed by atoms with van der Waals surface area (Å²) in [4.78, 5) is 27.4. The van der Waals surface area contributed by atoms with Crippen molar-refractivity contribution in [2.45, 2.75) is 26.0 Å². The molecule has 0 unspecified atom stereocenters. The molecule has 172 valence electrons. The minimum atomic E-state index is -0.417. The minimum absolute atomic E-state index is 0.0768. The van der Waals surface area contributed by atoms with Crippen LogP contribution in [0.15, 0.2) is 42.5 Å². The van der Waals surface area contributed by atoms with Gasteiger partial charge in [0.25, 0.3) is 11.8 Å². The van der Waals surface area contributed by atoms with Gasteiger partial charge in [-0.3, -0.25) is 9.59 Å². The smallest absolute Gasteiger partial charge is 0.257 e. The third-order valence-corrected chi connectivity index (χ3v) is 5.59. The summed E-state index contributed by atoms with van der Waals surface area (Å²) in [5.41, 5.74) is 1.11. The molecular weight excluding hydrogens is 413 g/mol. The van der Waals surface area contributed by atoms with Crippen molar-refractivity contribution in [2.24, 2.45) is 5.92 Å². The summed E-state index contributed by atoms with van der Waals surface area (Å²) in [5, 5.41) is 6.20. The fourth-order valence-electron chi connectivity index (χ4n) is 3.54. The molecule has 0 fully saturated rings. The number of hydrogen-bond acceptors (Lipinski definition) is 5. The number of likely N-dealkylation sites (N-methyl/N-ethyl adjacent to an activating group) is 1. The van der Waals surface area contributed by atoms with Crippen molar-refractivity contribution < 1.29 is 23.5 Å². The monoisotopic (exact) mass is 443 g/mol. The summed E-state index contributed by atoms with van der Waals surface area (Å²) < 4.78 is 24.7. The van der Waals surface area contributed by atoms with E-state index in [1.165, 1.54) is 24.3 Å². The third-order valence-electron chi connectivity index (χ3n) is 5.59. The Balaban J connectivity index is 1.88. The van der Waals surface area contributed by atoms with E-state index < -0.39 is 11.7 Å². The Morgan fingerprint density at radius 2 is 1.94 bits per heavy atom. The number of carbonyl (C=O) groups excluding carboxylic acids is 2. The van der Waals surface area contributed by atoms with Gasteiger partial charge >= 0.3 is 0 Å². The lowest BCUT2D eigenvalue weighted by Crippen LogP contribution is -2.44. The second-order valence-electron chi connectivity index (χ2n) is 8.23. The standard InChI is InChI=1S/C24H30FN3O4/c1-15-12-26-16(2)14-32-21-10-9-19(27-23(29)17-5-7-18(25)8-6-17)11-20(21)24(30)28(3)13-22(15)31-4/h5-11,15-16,22,26H,12-14H2,1-4H3,(H,27,29)/t15-,16+,22-/m0/s1. The molecule has 1 aliphatic rings. The number of amides is 2. The number of hydrogen-bond donors (Lipinski definition) is 2. The molecule has 1 aliphatic heterocycles. The minimum Gasteiger partial charge on any atom is -0.491 e. The van der Waals surface area contributed by atoms with Crippen LogP contribution < -0.4 is 15.4 Å². The summed E-state index contributed by atoms with van der Waals surface area (Å²) in [6, 6.07) is 10.3. The molecule has 32 heavy (non-hydrogen) atoms. The normalized spacial score (nSPS) is 22.2. The van der Waals surface area contributed by atoms with Crippen LogP contribution in [0.4, 0.5) is 10.1 Å². The van der Waals surface area contributed by atoms with Crippen molar-refractivity contribution >= 4 is 17.5 Å². The summed E-state index contributed by atoms with van der Waals surface area (Å²) in [6.07, 6.45) is -0.131. The lowest BCUT2D eigenvalue weighted by atomic mass is 10.0. The zero-order valence-electron chi connectivity index (χ0n) is 18.9. The molecule has 3 rings (SSSR count). The van der Waals surface area contributed by atoms with Crippen molar-refractivity contribution in [3.05, 3.63) is 59.4 Å². The van der Waals surface area contributed by atoms with Gasteiger partial charge in [-0.05, 0) is 55.3 Å². The third kappa shape index (κ3) is 5.83. The highest BCUT2D eigenvalue weighted by Gasteiger charge is 2.25. The average molecular weight is 444 g/mol. The zero-order valence-corrected chi connectivity index (χ0v) is 18.9. The topological polar surface area (TPSA) is 79.9 Å². The van der Waals surface area contributed by atoms with Gasteiger partial charge < -0.3 is 25.0 Å². The van der Waals surface area contributed by atoms with Crippen LogP contribution in [0, 0.1) is 11.7 Å². The van der Waals surface area contributed by atoms with Gasteiger partial charge in [-0.25, -0.2) is 4.39 Å². The average Bonchev–Trinajstić information content (AvgIpc) is 2.79. The van der Waals surface area contributed by atoms with E-state index in [1.807, 2.05) is 6.92 Å². The van der Waals surface area contributed by atoms with Crippen LogP contribution in [0.25, 0.3) is 0 Å². The van der Waals surface area contributed by atoms with E-state index in [4.69, 9.17) is 9.47 Å². The largest absolute Gasteiger partial charge is 0.491 e. The number of halogens is 1. The first-order chi connectivity index (χ1) is 15.3. The molecular formula is C24H30FN3O4. The molecule has 2 N–H and O–H groups in total. The van der Waals surface area contributed by atoms with E-state index in [0.717, 1.165) is 6.54 Å². The number of methoxy groups -OCH3 is 1. The molecule has 7 nitrogen and oxygen atoms in total. The Bertz CT molecular complexity index is 951. The van der Waals surface area contributed by atoms with E-state index >= 15 is 0 Å². The van der Waals surface area contributed by atoms with Gasteiger partial charge in [0.2, 0.25) is 0 Å². The predicted molar refractivity (Wildman–Crippen MR) is 121 cm³/mol. The molecule has 0 bridgehead atoms. The van der Waals surface area contributed by atoms with Crippen molar-refractivity contribution in [1.82, 2.24) is 10.2 Å². The van der Waals surface area contributed by atoms with Crippen LogP contribution >= 0.6 is 0 Å². The highest BCUT2D eigenvalue weighted by molar-refractivity contribution is 6.05. The van der Waals surface area contributed by atoms with E-state index in [9.17, 15) is 14.0 Å². The molecule has 0 saturated heterocycles. The van der Waals surface area contributed by atoms with E-state index in [0.29, 0.717) is 35.7 Å². The number of carbonyl (C=O) groups is 2. The maximum atomic E-state index is 13.3. The van der Waals surface area contributed by atoms with Crippen LogP contribution in [0.2, 0.25) is 0 Å². The van der Waals surface area contributed by atoms with Gasteiger partial charge in [-0.1, -0.05) is 6.92 Å². The van der Waals surface area contributed by atoms with Gasteiger partial charge in [0.1, 0.15) is 18.2 Å². The maximum Gasteiger partial charge on any atom is 0.257 e. The first-order valence-electron chi connectivity index (χ1n) is 10.6. The highest BCUT2D eigenvalue weighted by atomic mass is 19.1. The Kier molecular flexibility index (Phi) is 7.82. The summed E-state index contributed by atoms with van der Waals surface area (Å²) in [5.74, 6) is -0.408. The summed E-state index contributed by atoms with van der Waals surface area (Å²) >= 11 is 0. The number of benzene rings is 2. The zero-order chi connectivity index (χ0) is 23.3. The number of ether oxygens (including phenoxy) is 2. The number of anilines is 1. The molecule has 0 radical (unpaired) electrons. The van der Waals surface area contributed by atoms with Gasteiger partial charge in [0.15, 0.2) is 0 Å². The van der Waals surface area contributed by atoms with Gasteiger partial charge in [-0.2, -0.15) is 0 Å². The van der Waals surface area contributed by atoms with Crippen LogP contribution in [-0.4, -0.2) is 62.7 Å². The fourth-order valence-corrected chi connectivity index (χ4v) is 3.54. The molecule has 0 aliphatic carbocycles. The first kappa shape index (κ1) is 23.7. The van der Waals surface area contributed by atoms with Crippen LogP contribution in [0.5, 0.6) is 5.75 Å². The van der Waals surface area contributed by atoms with Crippen molar-refractivity contribution in [1.29, 1.82) is 0 Å². The van der Waals surface area contributed by atoms with Gasteiger partial charge in [0.05, 0.1) is 11.7 Å². The van der Waals surface area contributed by atoms with Gasteiger partial charge in [0, 0.05) is 44.5 Å². The molecule has 0 aromatic heterocycles. The molecule has 2 aromatic rings.